The van der Waals surface area contributed by atoms with E-state index in [2.05, 4.69) is 47.1 Å². The molecule has 0 fully saturated rings. The lowest BCUT2D eigenvalue weighted by Gasteiger charge is -2.09. The lowest BCUT2D eigenvalue weighted by Crippen LogP contribution is -2.02. The van der Waals surface area contributed by atoms with Crippen LogP contribution in [0.25, 0.3) is 0 Å². The van der Waals surface area contributed by atoms with E-state index in [-0.39, 0.29) is 0 Å². The summed E-state index contributed by atoms with van der Waals surface area (Å²) in [7, 11) is 1.76. The lowest BCUT2D eigenvalue weighted by molar-refractivity contribution is 0.291. The lowest BCUT2D eigenvalue weighted by atomic mass is 10.2. The zero-order chi connectivity index (χ0) is 13.0. The van der Waals surface area contributed by atoms with Crippen molar-refractivity contribution in [2.24, 2.45) is 0 Å². The van der Waals surface area contributed by atoms with Crippen molar-refractivity contribution in [3.05, 3.63) is 45.0 Å². The fraction of sp³-hybridized carbons (Fsp3) is 0.167. The van der Waals surface area contributed by atoms with Gasteiger partial charge in [0, 0.05) is 17.1 Å². The summed E-state index contributed by atoms with van der Waals surface area (Å²) in [5.41, 5.74) is 1.06. The van der Waals surface area contributed by atoms with Gasteiger partial charge in [0.05, 0.1) is 10.7 Å². The third-order valence-corrected chi connectivity index (χ3v) is 3.58. The number of hydrogen-bond acceptors (Lipinski definition) is 4. The van der Waals surface area contributed by atoms with E-state index in [4.69, 9.17) is 4.74 Å². The molecular formula is C12H11Br2N3O. The number of halogens is 2. The first kappa shape index (κ1) is 13.3. The number of benzene rings is 1. The Morgan fingerprint density at radius 1 is 1.22 bits per heavy atom. The minimum absolute atomic E-state index is 0.445. The Labute approximate surface area is 122 Å². The molecule has 0 spiro atoms. The molecule has 4 nitrogen and oxygen atoms in total. The van der Waals surface area contributed by atoms with Gasteiger partial charge in [-0.3, -0.25) is 0 Å². The second-order valence-corrected chi connectivity index (χ2v) is 5.19. The normalized spacial score (nSPS) is 10.2. The molecule has 1 heterocycles. The molecule has 2 rings (SSSR count). The predicted molar refractivity (Wildman–Crippen MR) is 77.8 cm³/mol. The van der Waals surface area contributed by atoms with E-state index in [9.17, 15) is 0 Å². The Hall–Kier alpha value is -1.14. The van der Waals surface area contributed by atoms with Crippen LogP contribution in [0, 0.1) is 0 Å². The van der Waals surface area contributed by atoms with Gasteiger partial charge in [0.15, 0.2) is 0 Å². The summed E-state index contributed by atoms with van der Waals surface area (Å²) in [6.07, 6.45) is 1.66. The topological polar surface area (TPSA) is 47.0 Å². The van der Waals surface area contributed by atoms with Crippen LogP contribution in [0.15, 0.2) is 39.4 Å². The molecular weight excluding hydrogens is 362 g/mol. The number of nitrogens with one attached hydrogen (secondary N) is 1. The molecule has 94 valence electrons. The van der Waals surface area contributed by atoms with Gasteiger partial charge in [-0.05, 0) is 22.0 Å². The Morgan fingerprint density at radius 3 is 2.72 bits per heavy atom. The Bertz CT molecular complexity index is 549. The monoisotopic (exact) mass is 371 g/mol. The highest BCUT2D eigenvalue weighted by molar-refractivity contribution is 9.10. The van der Waals surface area contributed by atoms with E-state index < -0.39 is 0 Å². The van der Waals surface area contributed by atoms with Crippen molar-refractivity contribution in [2.45, 2.75) is 6.61 Å². The molecule has 0 radical (unpaired) electrons. The van der Waals surface area contributed by atoms with E-state index >= 15 is 0 Å². The van der Waals surface area contributed by atoms with Crippen LogP contribution in [-0.4, -0.2) is 17.0 Å². The van der Waals surface area contributed by atoms with Crippen molar-refractivity contribution < 1.29 is 4.74 Å². The van der Waals surface area contributed by atoms with Gasteiger partial charge < -0.3 is 10.1 Å². The molecule has 0 saturated heterocycles. The fourth-order valence-corrected chi connectivity index (χ4v) is 2.04. The van der Waals surface area contributed by atoms with E-state index in [0.717, 1.165) is 14.5 Å². The molecule has 2 aromatic rings. The Kier molecular flexibility index (Phi) is 4.54. The highest BCUT2D eigenvalue weighted by Crippen LogP contribution is 2.24. The van der Waals surface area contributed by atoms with Gasteiger partial charge in [0.1, 0.15) is 6.61 Å². The first-order valence-electron chi connectivity index (χ1n) is 5.27. The number of nitrogens with zero attached hydrogens (tertiary/aromatic N) is 2. The van der Waals surface area contributed by atoms with Gasteiger partial charge in [0.2, 0.25) is 11.8 Å². The summed E-state index contributed by atoms with van der Waals surface area (Å²) in [5.74, 6) is 1.05. The molecule has 0 aliphatic heterocycles. The molecule has 0 bridgehead atoms. The van der Waals surface area contributed by atoms with Crippen LogP contribution in [0.2, 0.25) is 0 Å². The average molecular weight is 373 g/mol. The van der Waals surface area contributed by atoms with Crippen LogP contribution in [-0.2, 0) is 6.61 Å². The van der Waals surface area contributed by atoms with Gasteiger partial charge in [-0.15, -0.1) is 0 Å². The quantitative estimate of drug-likeness (QED) is 0.890. The van der Waals surface area contributed by atoms with Crippen LogP contribution >= 0.6 is 31.9 Å². The molecule has 6 heteroatoms. The molecule has 0 aliphatic rings. The maximum atomic E-state index is 5.68. The third kappa shape index (κ3) is 3.20. The number of rotatable bonds is 4. The molecule has 18 heavy (non-hydrogen) atoms. The minimum Gasteiger partial charge on any atom is -0.472 e. The first-order valence-corrected chi connectivity index (χ1v) is 6.86. The minimum atomic E-state index is 0.445. The zero-order valence-electron chi connectivity index (χ0n) is 9.65. The maximum absolute atomic E-state index is 5.68. The zero-order valence-corrected chi connectivity index (χ0v) is 12.8. The van der Waals surface area contributed by atoms with E-state index in [0.29, 0.717) is 18.4 Å². The smallest absolute Gasteiger partial charge is 0.233 e. The number of hydrogen-bond donors (Lipinski definition) is 1. The first-order chi connectivity index (χ1) is 8.70. The highest BCUT2D eigenvalue weighted by atomic mass is 79.9. The standard InChI is InChI=1S/C12H11Br2N3O/c1-15-12-16-6-10(14)11(17-12)18-7-8-4-2-3-5-9(8)13/h2-6H,7H2,1H3,(H,15,16,17). The maximum Gasteiger partial charge on any atom is 0.233 e. The van der Waals surface area contributed by atoms with Gasteiger partial charge in [-0.25, -0.2) is 4.98 Å². The molecule has 1 aromatic heterocycles. The van der Waals surface area contributed by atoms with Crippen molar-refractivity contribution in [1.82, 2.24) is 9.97 Å². The van der Waals surface area contributed by atoms with Crippen molar-refractivity contribution in [1.29, 1.82) is 0 Å². The predicted octanol–water partition coefficient (Wildman–Crippen LogP) is 3.62. The van der Waals surface area contributed by atoms with E-state index in [1.165, 1.54) is 0 Å². The molecule has 0 aliphatic carbocycles. The molecule has 0 amide bonds. The summed E-state index contributed by atoms with van der Waals surface area (Å²) < 4.78 is 7.43. The Balaban J connectivity index is 2.13. The fourth-order valence-electron chi connectivity index (χ4n) is 1.33. The van der Waals surface area contributed by atoms with Crippen molar-refractivity contribution >= 4 is 37.8 Å². The third-order valence-electron chi connectivity index (χ3n) is 2.26. The molecule has 1 aromatic carbocycles. The van der Waals surface area contributed by atoms with Crippen LogP contribution in [0.3, 0.4) is 0 Å². The van der Waals surface area contributed by atoms with Gasteiger partial charge in [0.25, 0.3) is 0 Å². The number of anilines is 1. The second-order valence-electron chi connectivity index (χ2n) is 3.48. The Morgan fingerprint density at radius 2 is 2.00 bits per heavy atom. The van der Waals surface area contributed by atoms with Crippen LogP contribution in [0.4, 0.5) is 5.95 Å². The molecule has 0 saturated carbocycles. The van der Waals surface area contributed by atoms with Crippen LogP contribution in [0.5, 0.6) is 5.88 Å². The van der Waals surface area contributed by atoms with Crippen molar-refractivity contribution in [2.75, 3.05) is 12.4 Å². The average Bonchev–Trinajstić information content (AvgIpc) is 2.39. The summed E-state index contributed by atoms with van der Waals surface area (Å²) in [6, 6.07) is 7.91. The van der Waals surface area contributed by atoms with Crippen molar-refractivity contribution in [3.8, 4) is 5.88 Å². The highest BCUT2D eigenvalue weighted by Gasteiger charge is 2.07. The van der Waals surface area contributed by atoms with Gasteiger partial charge >= 0.3 is 0 Å². The SMILES string of the molecule is CNc1ncc(Br)c(OCc2ccccc2Br)n1. The molecule has 0 atom stereocenters. The molecule has 0 unspecified atom stereocenters. The van der Waals surface area contributed by atoms with Crippen LogP contribution < -0.4 is 10.1 Å². The van der Waals surface area contributed by atoms with Gasteiger partial charge in [-0.2, -0.15) is 4.98 Å². The second kappa shape index (κ2) is 6.15. The number of ether oxygens (including phenoxy) is 1. The summed E-state index contributed by atoms with van der Waals surface area (Å²) in [4.78, 5) is 8.30. The summed E-state index contributed by atoms with van der Waals surface area (Å²) in [5, 5.41) is 2.87. The largest absolute Gasteiger partial charge is 0.472 e. The van der Waals surface area contributed by atoms with E-state index in [1.807, 2.05) is 24.3 Å². The summed E-state index contributed by atoms with van der Waals surface area (Å²) in [6.45, 7) is 0.445. The number of aromatic nitrogens is 2. The van der Waals surface area contributed by atoms with Crippen molar-refractivity contribution in [3.63, 3.8) is 0 Å². The van der Waals surface area contributed by atoms with Gasteiger partial charge in [-0.1, -0.05) is 34.1 Å². The van der Waals surface area contributed by atoms with E-state index in [1.54, 1.807) is 13.2 Å². The molecule has 1 N–H and O–H groups in total. The summed E-state index contributed by atoms with van der Waals surface area (Å²) >= 11 is 6.84. The van der Waals surface area contributed by atoms with Crippen LogP contribution in [0.1, 0.15) is 5.56 Å².